The number of carbonyl (C=O) groups excluding carboxylic acids is 1. The van der Waals surface area contributed by atoms with Gasteiger partial charge in [0.05, 0.1) is 13.3 Å². The molecule has 6 heteroatoms. The van der Waals surface area contributed by atoms with E-state index in [1.165, 1.54) is 24.3 Å². The number of aromatic hydroxyl groups is 1. The number of phenolic OH excluding ortho intramolecular Hbond substituents is 1. The monoisotopic (exact) mass is 335 g/mol. The third kappa shape index (κ3) is 4.06. The summed E-state index contributed by atoms with van der Waals surface area (Å²) in [4.78, 5) is 11.9. The highest BCUT2D eigenvalue weighted by molar-refractivity contribution is 5.94. The van der Waals surface area contributed by atoms with Crippen molar-refractivity contribution in [1.82, 2.24) is 9.99 Å². The van der Waals surface area contributed by atoms with Gasteiger partial charge in [0, 0.05) is 29.2 Å². The van der Waals surface area contributed by atoms with Crippen LogP contribution in [0.15, 0.2) is 72.1 Å². The first-order chi connectivity index (χ1) is 12.2. The molecule has 1 heterocycles. The Balaban J connectivity index is 1.63. The number of methoxy groups -OCH3 is 1. The lowest BCUT2D eigenvalue weighted by molar-refractivity contribution is 0.0955. The van der Waals surface area contributed by atoms with Gasteiger partial charge in [-0.15, -0.1) is 0 Å². The maximum atomic E-state index is 11.9. The Morgan fingerprint density at radius 2 is 1.84 bits per heavy atom. The third-order valence-corrected chi connectivity index (χ3v) is 3.60. The first-order valence-electron chi connectivity index (χ1n) is 7.60. The van der Waals surface area contributed by atoms with Gasteiger partial charge >= 0.3 is 0 Å². The van der Waals surface area contributed by atoms with E-state index in [2.05, 4.69) is 10.5 Å². The fourth-order valence-corrected chi connectivity index (χ4v) is 2.25. The molecular weight excluding hydrogens is 318 g/mol. The molecule has 1 amide bonds. The zero-order chi connectivity index (χ0) is 17.6. The minimum Gasteiger partial charge on any atom is -0.508 e. The zero-order valence-corrected chi connectivity index (χ0v) is 13.6. The highest BCUT2D eigenvalue weighted by Gasteiger charge is 2.03. The lowest BCUT2D eigenvalue weighted by atomic mass is 10.2. The Morgan fingerprint density at radius 1 is 1.12 bits per heavy atom. The van der Waals surface area contributed by atoms with Gasteiger partial charge in [-0.25, -0.2) is 5.43 Å². The maximum Gasteiger partial charge on any atom is 0.271 e. The molecule has 2 N–H and O–H groups in total. The smallest absolute Gasteiger partial charge is 0.271 e. The number of aromatic nitrogens is 1. The second-order valence-electron chi connectivity index (χ2n) is 5.30. The number of nitrogens with one attached hydrogen (secondary N) is 1. The summed E-state index contributed by atoms with van der Waals surface area (Å²) in [6, 6.07) is 15.5. The van der Waals surface area contributed by atoms with E-state index < -0.39 is 0 Å². The van der Waals surface area contributed by atoms with Crippen molar-refractivity contribution in [3.63, 3.8) is 0 Å². The van der Waals surface area contributed by atoms with E-state index in [-0.39, 0.29) is 11.7 Å². The molecule has 1 aromatic heterocycles. The summed E-state index contributed by atoms with van der Waals surface area (Å²) >= 11 is 0. The molecule has 0 saturated carbocycles. The van der Waals surface area contributed by atoms with E-state index >= 15 is 0 Å². The first kappa shape index (κ1) is 16.3. The van der Waals surface area contributed by atoms with Crippen LogP contribution in [0, 0.1) is 0 Å². The van der Waals surface area contributed by atoms with Crippen LogP contribution in [0.5, 0.6) is 11.5 Å². The zero-order valence-electron chi connectivity index (χ0n) is 13.6. The number of rotatable bonds is 5. The van der Waals surface area contributed by atoms with Gasteiger partial charge in [0.1, 0.15) is 11.5 Å². The number of amides is 1. The van der Waals surface area contributed by atoms with E-state index in [1.807, 2.05) is 47.3 Å². The predicted molar refractivity (Wildman–Crippen MR) is 95.5 cm³/mol. The van der Waals surface area contributed by atoms with Gasteiger partial charge in [0.25, 0.3) is 5.91 Å². The van der Waals surface area contributed by atoms with E-state index in [0.29, 0.717) is 5.56 Å². The van der Waals surface area contributed by atoms with Crippen LogP contribution in [0.3, 0.4) is 0 Å². The summed E-state index contributed by atoms with van der Waals surface area (Å²) in [5.74, 6) is 0.570. The fraction of sp³-hybridized carbons (Fsp3) is 0.0526. The summed E-state index contributed by atoms with van der Waals surface area (Å²) in [6.07, 6.45) is 5.38. The van der Waals surface area contributed by atoms with Crippen LogP contribution in [0.25, 0.3) is 5.69 Å². The number of ether oxygens (including phenoxy) is 1. The largest absolute Gasteiger partial charge is 0.508 e. The Kier molecular flexibility index (Phi) is 4.80. The molecule has 0 aliphatic heterocycles. The van der Waals surface area contributed by atoms with Crippen LogP contribution in [-0.4, -0.2) is 28.9 Å². The molecule has 6 nitrogen and oxygen atoms in total. The van der Waals surface area contributed by atoms with Crippen LogP contribution in [0.1, 0.15) is 15.9 Å². The molecule has 0 saturated heterocycles. The summed E-state index contributed by atoms with van der Waals surface area (Å²) < 4.78 is 7.09. The van der Waals surface area contributed by atoms with Crippen molar-refractivity contribution in [2.45, 2.75) is 0 Å². The van der Waals surface area contributed by atoms with Crippen molar-refractivity contribution in [3.05, 3.63) is 78.1 Å². The number of nitrogens with zero attached hydrogens (tertiary/aromatic N) is 2. The molecule has 3 aromatic rings. The number of carbonyl (C=O) groups is 1. The Labute approximate surface area is 145 Å². The number of hydrazone groups is 1. The standard InChI is InChI=1S/C19H17N3O3/c1-25-18-8-4-16(5-9-18)22-11-10-14(13-22)12-20-21-19(24)15-2-6-17(23)7-3-15/h2-13,23H,1H3,(H,21,24)/b20-12-. The van der Waals surface area contributed by atoms with Crippen LogP contribution >= 0.6 is 0 Å². The van der Waals surface area contributed by atoms with Gasteiger partial charge in [0.2, 0.25) is 0 Å². The Hall–Kier alpha value is -3.54. The molecule has 0 radical (unpaired) electrons. The quantitative estimate of drug-likeness (QED) is 0.556. The van der Waals surface area contributed by atoms with Crippen molar-refractivity contribution >= 4 is 12.1 Å². The average molecular weight is 335 g/mol. The van der Waals surface area contributed by atoms with Crippen molar-refractivity contribution in [3.8, 4) is 17.2 Å². The van der Waals surface area contributed by atoms with Crippen molar-refractivity contribution < 1.29 is 14.6 Å². The minimum atomic E-state index is -0.342. The number of benzene rings is 2. The summed E-state index contributed by atoms with van der Waals surface area (Å²) in [7, 11) is 1.63. The molecule has 2 aromatic carbocycles. The van der Waals surface area contributed by atoms with E-state index in [1.54, 1.807) is 13.3 Å². The molecule has 0 aliphatic carbocycles. The second-order valence-corrected chi connectivity index (χ2v) is 5.30. The summed E-state index contributed by atoms with van der Waals surface area (Å²) in [5, 5.41) is 13.2. The summed E-state index contributed by atoms with van der Waals surface area (Å²) in [6.45, 7) is 0. The maximum absolute atomic E-state index is 11.9. The van der Waals surface area contributed by atoms with Gasteiger partial charge in [-0.1, -0.05) is 0 Å². The lowest BCUT2D eigenvalue weighted by Gasteiger charge is -2.04. The molecule has 0 unspecified atom stereocenters. The third-order valence-electron chi connectivity index (χ3n) is 3.60. The number of hydrogen-bond acceptors (Lipinski definition) is 4. The fourth-order valence-electron chi connectivity index (χ4n) is 2.25. The summed E-state index contributed by atoms with van der Waals surface area (Å²) in [5.41, 5.74) is 4.72. The lowest BCUT2D eigenvalue weighted by Crippen LogP contribution is -2.17. The normalized spacial score (nSPS) is 10.8. The molecule has 25 heavy (non-hydrogen) atoms. The van der Waals surface area contributed by atoms with Gasteiger partial charge in [-0.3, -0.25) is 4.79 Å². The molecule has 0 bridgehead atoms. The SMILES string of the molecule is COc1ccc(-n2ccc(/C=N\NC(=O)c3ccc(O)cc3)c2)cc1. The van der Waals surface area contributed by atoms with Crippen molar-refractivity contribution in [2.75, 3.05) is 7.11 Å². The number of phenols is 1. The van der Waals surface area contributed by atoms with Crippen molar-refractivity contribution in [2.24, 2.45) is 5.10 Å². The molecule has 0 spiro atoms. The van der Waals surface area contributed by atoms with Crippen LogP contribution in [-0.2, 0) is 0 Å². The molecule has 0 aliphatic rings. The first-order valence-corrected chi connectivity index (χ1v) is 7.60. The molecule has 126 valence electrons. The van der Waals surface area contributed by atoms with Crippen molar-refractivity contribution in [1.29, 1.82) is 0 Å². The second kappa shape index (κ2) is 7.35. The van der Waals surface area contributed by atoms with Crippen LogP contribution in [0.4, 0.5) is 0 Å². The van der Waals surface area contributed by atoms with E-state index in [0.717, 1.165) is 17.0 Å². The number of hydrogen-bond donors (Lipinski definition) is 2. The van der Waals surface area contributed by atoms with Gasteiger partial charge in [-0.2, -0.15) is 5.10 Å². The average Bonchev–Trinajstić information content (AvgIpc) is 3.11. The highest BCUT2D eigenvalue weighted by Crippen LogP contribution is 2.15. The molecule has 3 rings (SSSR count). The van der Waals surface area contributed by atoms with E-state index in [9.17, 15) is 9.90 Å². The predicted octanol–water partition coefficient (Wildman–Crippen LogP) is 2.96. The molecule has 0 atom stereocenters. The Bertz CT molecular complexity index is 881. The molecular formula is C19H17N3O3. The molecule has 0 fully saturated rings. The van der Waals surface area contributed by atoms with E-state index in [4.69, 9.17) is 4.74 Å². The minimum absolute atomic E-state index is 0.111. The van der Waals surface area contributed by atoms with Crippen LogP contribution in [0.2, 0.25) is 0 Å². The van der Waals surface area contributed by atoms with Gasteiger partial charge < -0.3 is 14.4 Å². The van der Waals surface area contributed by atoms with Gasteiger partial charge in [0.15, 0.2) is 0 Å². The van der Waals surface area contributed by atoms with Crippen LogP contribution < -0.4 is 10.2 Å². The Morgan fingerprint density at radius 3 is 2.52 bits per heavy atom. The highest BCUT2D eigenvalue weighted by atomic mass is 16.5. The van der Waals surface area contributed by atoms with Gasteiger partial charge in [-0.05, 0) is 54.6 Å². The topological polar surface area (TPSA) is 75.8 Å².